The van der Waals surface area contributed by atoms with E-state index in [1.54, 1.807) is 4.90 Å². The van der Waals surface area contributed by atoms with Gasteiger partial charge in [-0.05, 0) is 61.1 Å². The number of carbonyl (C=O) groups excluding carboxylic acids is 3. The van der Waals surface area contributed by atoms with Gasteiger partial charge in [0.1, 0.15) is 5.69 Å². The van der Waals surface area contributed by atoms with Crippen LogP contribution < -0.4 is 4.90 Å². The van der Waals surface area contributed by atoms with E-state index in [1.165, 1.54) is 23.8 Å². The summed E-state index contributed by atoms with van der Waals surface area (Å²) in [6, 6.07) is 14.4. The van der Waals surface area contributed by atoms with Gasteiger partial charge in [-0.25, -0.2) is 4.90 Å². The van der Waals surface area contributed by atoms with Crippen LogP contribution in [0, 0.1) is 39.7 Å². The monoisotopic (exact) mass is 485 g/mol. The molecule has 2 aliphatic heterocycles. The molecule has 1 saturated carbocycles. The molecule has 2 heterocycles. The molecule has 3 amide bonds. The average molecular weight is 486 g/mol. The lowest BCUT2D eigenvalue weighted by atomic mass is 9.85. The number of imide groups is 1. The van der Waals surface area contributed by atoms with Gasteiger partial charge in [-0.15, -0.1) is 0 Å². The highest BCUT2D eigenvalue weighted by Crippen LogP contribution is 2.53. The summed E-state index contributed by atoms with van der Waals surface area (Å²) in [5.74, 6) is -1.35. The summed E-state index contributed by atoms with van der Waals surface area (Å²) < 4.78 is 0. The standard InChI is InChI=1S/C28H27N3O5/c32-26(29-12-10-18(11-13-29)14-17-4-2-1-3-5-17)21-8-9-22(23(16-21)31(35)36)30-27(33)24-19-6-7-20(15-19)25(24)28(30)34/h1-9,16,18-20,24-25H,10-15H2/t19-,20-,24+,25+/m0/s1. The molecule has 4 atom stereocenters. The lowest BCUT2D eigenvalue weighted by Gasteiger charge is -2.32. The molecule has 8 nitrogen and oxygen atoms in total. The van der Waals surface area contributed by atoms with Gasteiger partial charge in [-0.1, -0.05) is 42.5 Å². The molecule has 2 aromatic carbocycles. The number of nitrogens with zero attached hydrogens (tertiary/aromatic N) is 3. The number of benzene rings is 2. The number of piperidine rings is 1. The summed E-state index contributed by atoms with van der Waals surface area (Å²) in [7, 11) is 0. The van der Waals surface area contributed by atoms with Gasteiger partial charge in [0, 0.05) is 24.7 Å². The van der Waals surface area contributed by atoms with E-state index in [0.717, 1.165) is 30.6 Å². The molecule has 3 fully saturated rings. The van der Waals surface area contributed by atoms with Crippen molar-refractivity contribution in [3.63, 3.8) is 0 Å². The maximum absolute atomic E-state index is 13.2. The number of nitro groups is 1. The van der Waals surface area contributed by atoms with Gasteiger partial charge in [-0.2, -0.15) is 0 Å². The summed E-state index contributed by atoms with van der Waals surface area (Å²) in [5.41, 5.74) is 1.06. The fourth-order valence-electron chi connectivity index (χ4n) is 6.60. The van der Waals surface area contributed by atoms with Gasteiger partial charge >= 0.3 is 0 Å². The zero-order valence-electron chi connectivity index (χ0n) is 19.8. The first kappa shape index (κ1) is 22.6. The van der Waals surface area contributed by atoms with E-state index >= 15 is 0 Å². The zero-order valence-corrected chi connectivity index (χ0v) is 19.8. The average Bonchev–Trinajstić information content (AvgIpc) is 3.58. The highest BCUT2D eigenvalue weighted by atomic mass is 16.6. The Morgan fingerprint density at radius 2 is 1.58 bits per heavy atom. The van der Waals surface area contributed by atoms with Crippen molar-refractivity contribution >= 4 is 29.1 Å². The number of fused-ring (bicyclic) bond motifs is 5. The lowest BCUT2D eigenvalue weighted by Crippen LogP contribution is -2.39. The van der Waals surface area contributed by atoms with Crippen LogP contribution in [0.3, 0.4) is 0 Å². The lowest BCUT2D eigenvalue weighted by molar-refractivity contribution is -0.384. The molecule has 184 valence electrons. The number of carbonyl (C=O) groups is 3. The van der Waals surface area contributed by atoms with Crippen molar-refractivity contribution in [1.29, 1.82) is 0 Å². The van der Waals surface area contributed by atoms with E-state index in [-0.39, 0.29) is 46.5 Å². The number of anilines is 1. The van der Waals surface area contributed by atoms with E-state index in [0.29, 0.717) is 19.0 Å². The molecule has 0 unspecified atom stereocenters. The van der Waals surface area contributed by atoms with E-state index in [9.17, 15) is 24.5 Å². The van der Waals surface area contributed by atoms with Crippen LogP contribution in [0.25, 0.3) is 0 Å². The largest absolute Gasteiger partial charge is 0.339 e. The van der Waals surface area contributed by atoms with Crippen molar-refractivity contribution in [1.82, 2.24) is 4.90 Å². The van der Waals surface area contributed by atoms with Crippen LogP contribution in [0.15, 0.2) is 60.7 Å². The van der Waals surface area contributed by atoms with Crippen molar-refractivity contribution in [2.24, 2.45) is 29.6 Å². The predicted octanol–water partition coefficient (Wildman–Crippen LogP) is 4.00. The van der Waals surface area contributed by atoms with Crippen LogP contribution in [0.4, 0.5) is 11.4 Å². The fourth-order valence-corrected chi connectivity index (χ4v) is 6.60. The molecular weight excluding hydrogens is 458 g/mol. The molecule has 2 bridgehead atoms. The Morgan fingerprint density at radius 3 is 2.19 bits per heavy atom. The topological polar surface area (TPSA) is 101 Å². The first-order valence-corrected chi connectivity index (χ1v) is 12.6. The summed E-state index contributed by atoms with van der Waals surface area (Å²) in [5, 5.41) is 12.0. The first-order chi connectivity index (χ1) is 17.4. The highest BCUT2D eigenvalue weighted by molar-refractivity contribution is 6.23. The van der Waals surface area contributed by atoms with Crippen LogP contribution in [0.1, 0.15) is 35.2 Å². The molecule has 2 aromatic rings. The molecule has 0 radical (unpaired) electrons. The maximum Gasteiger partial charge on any atom is 0.294 e. The van der Waals surface area contributed by atoms with Gasteiger partial charge in [-0.3, -0.25) is 24.5 Å². The van der Waals surface area contributed by atoms with E-state index < -0.39 is 16.8 Å². The van der Waals surface area contributed by atoms with Crippen molar-refractivity contribution in [3.05, 3.63) is 81.9 Å². The highest BCUT2D eigenvalue weighted by Gasteiger charge is 2.60. The minimum Gasteiger partial charge on any atom is -0.339 e. The van der Waals surface area contributed by atoms with Crippen LogP contribution in [-0.2, 0) is 16.0 Å². The van der Waals surface area contributed by atoms with Crippen molar-refractivity contribution in [2.45, 2.75) is 25.7 Å². The number of allylic oxidation sites excluding steroid dienone is 2. The Bertz CT molecular complexity index is 1250. The van der Waals surface area contributed by atoms with Crippen molar-refractivity contribution in [3.8, 4) is 0 Å². The van der Waals surface area contributed by atoms with Gasteiger partial charge < -0.3 is 4.90 Å². The number of likely N-dealkylation sites (tertiary alicyclic amines) is 1. The molecule has 2 saturated heterocycles. The fraction of sp³-hybridized carbons (Fsp3) is 0.393. The Labute approximate surface area is 208 Å². The normalized spacial score (nSPS) is 27.1. The number of hydrogen-bond donors (Lipinski definition) is 0. The first-order valence-electron chi connectivity index (χ1n) is 12.6. The van der Waals surface area contributed by atoms with E-state index in [4.69, 9.17) is 0 Å². The van der Waals surface area contributed by atoms with Crippen LogP contribution >= 0.6 is 0 Å². The third-order valence-electron chi connectivity index (χ3n) is 8.40. The minimum absolute atomic E-state index is 0.0196. The van der Waals surface area contributed by atoms with Crippen LogP contribution in [0.5, 0.6) is 0 Å². The third-order valence-corrected chi connectivity index (χ3v) is 8.40. The molecule has 36 heavy (non-hydrogen) atoms. The summed E-state index contributed by atoms with van der Waals surface area (Å²) in [4.78, 5) is 53.6. The van der Waals surface area contributed by atoms with Gasteiger partial charge in [0.25, 0.3) is 11.6 Å². The van der Waals surface area contributed by atoms with Crippen molar-refractivity contribution < 1.29 is 19.3 Å². The number of rotatable bonds is 5. The Balaban J connectivity index is 1.19. The molecule has 8 heteroatoms. The zero-order chi connectivity index (χ0) is 25.0. The van der Waals surface area contributed by atoms with E-state index in [1.807, 2.05) is 30.4 Å². The second kappa shape index (κ2) is 8.69. The van der Waals surface area contributed by atoms with Gasteiger partial charge in [0.15, 0.2) is 0 Å². The number of hydrogen-bond acceptors (Lipinski definition) is 5. The Kier molecular flexibility index (Phi) is 5.47. The molecule has 6 rings (SSSR count). The Morgan fingerprint density at radius 1 is 0.944 bits per heavy atom. The molecule has 0 N–H and O–H groups in total. The smallest absolute Gasteiger partial charge is 0.294 e. The van der Waals surface area contributed by atoms with E-state index in [2.05, 4.69) is 12.1 Å². The van der Waals surface area contributed by atoms with Gasteiger partial charge in [0.05, 0.1) is 16.8 Å². The molecule has 4 aliphatic rings. The molecular formula is C28H27N3O5. The minimum atomic E-state index is -0.611. The SMILES string of the molecule is O=C(c1ccc(N2C(=O)[C@H]3[C@H](C2=O)[C@H]2C=C[C@H]3C2)c([N+](=O)[O-])c1)N1CCC(Cc2ccccc2)CC1. The van der Waals surface area contributed by atoms with Crippen LogP contribution in [-0.4, -0.2) is 40.6 Å². The summed E-state index contributed by atoms with van der Waals surface area (Å²) in [6.45, 7) is 1.18. The molecule has 0 spiro atoms. The number of nitro benzene ring substituents is 1. The van der Waals surface area contributed by atoms with Crippen molar-refractivity contribution in [2.75, 3.05) is 18.0 Å². The quantitative estimate of drug-likeness (QED) is 0.276. The molecule has 0 aromatic heterocycles. The maximum atomic E-state index is 13.2. The predicted molar refractivity (Wildman–Crippen MR) is 132 cm³/mol. The second-order valence-corrected chi connectivity index (χ2v) is 10.4. The van der Waals surface area contributed by atoms with Crippen LogP contribution in [0.2, 0.25) is 0 Å². The molecule has 2 aliphatic carbocycles. The summed E-state index contributed by atoms with van der Waals surface area (Å²) >= 11 is 0. The number of amides is 3. The second-order valence-electron chi connectivity index (χ2n) is 10.4. The Hall–Kier alpha value is -3.81. The summed E-state index contributed by atoms with van der Waals surface area (Å²) in [6.07, 6.45) is 7.48. The third kappa shape index (κ3) is 3.63. The van der Waals surface area contributed by atoms with Gasteiger partial charge in [0.2, 0.25) is 11.8 Å².